The minimum atomic E-state index is -4.17. The zero-order valence-corrected chi connectivity index (χ0v) is 19.8. The molecule has 8 nitrogen and oxygen atoms in total. The Kier molecular flexibility index (Phi) is 7.40. The number of anilines is 1. The summed E-state index contributed by atoms with van der Waals surface area (Å²) in [4.78, 5) is 12.7. The lowest BCUT2D eigenvalue weighted by Crippen LogP contribution is -2.45. The van der Waals surface area contributed by atoms with Crippen LogP contribution in [0, 0.1) is 5.82 Å². The van der Waals surface area contributed by atoms with E-state index in [4.69, 9.17) is 14.2 Å². The van der Waals surface area contributed by atoms with Gasteiger partial charge in [-0.05, 0) is 67.6 Å². The van der Waals surface area contributed by atoms with Crippen molar-refractivity contribution in [2.24, 2.45) is 0 Å². The topological polar surface area (TPSA) is 94.2 Å². The van der Waals surface area contributed by atoms with Crippen molar-refractivity contribution in [3.8, 4) is 17.2 Å². The van der Waals surface area contributed by atoms with E-state index in [-0.39, 0.29) is 23.7 Å². The first kappa shape index (κ1) is 24.3. The Morgan fingerprint density at radius 1 is 1.06 bits per heavy atom. The quantitative estimate of drug-likeness (QED) is 0.484. The second-order valence-electron chi connectivity index (χ2n) is 7.69. The molecule has 0 saturated carbocycles. The highest BCUT2D eigenvalue weighted by Gasteiger charge is 2.28. The second kappa shape index (κ2) is 10.6. The molecular formula is C25H25FN2O6S. The van der Waals surface area contributed by atoms with Crippen LogP contribution in [-0.4, -0.2) is 46.7 Å². The Balaban J connectivity index is 1.50. The second-order valence-corrected chi connectivity index (χ2v) is 9.56. The van der Waals surface area contributed by atoms with Gasteiger partial charge in [0.25, 0.3) is 10.0 Å². The van der Waals surface area contributed by atoms with Crippen LogP contribution in [0.5, 0.6) is 17.2 Å². The van der Waals surface area contributed by atoms with Crippen LogP contribution in [0.1, 0.15) is 6.92 Å². The number of amides is 1. The SMILES string of the molecule is CCOc1ccc(N(CC(=O)NCC2COc3ccccc3O2)S(=O)(=O)c2ccc(F)cc2)cc1. The normalized spacial score (nSPS) is 14.7. The van der Waals surface area contributed by atoms with Crippen LogP contribution < -0.4 is 23.8 Å². The fraction of sp³-hybridized carbons (Fsp3) is 0.240. The van der Waals surface area contributed by atoms with E-state index in [1.807, 2.05) is 19.1 Å². The summed E-state index contributed by atoms with van der Waals surface area (Å²) in [5.74, 6) is 0.669. The Labute approximate surface area is 203 Å². The number of rotatable bonds is 9. The van der Waals surface area contributed by atoms with Crippen molar-refractivity contribution in [1.29, 1.82) is 0 Å². The summed E-state index contributed by atoms with van der Waals surface area (Å²) in [6.45, 7) is 2.17. The summed E-state index contributed by atoms with van der Waals surface area (Å²) < 4.78 is 58.0. The molecule has 1 unspecified atom stereocenters. The van der Waals surface area contributed by atoms with Gasteiger partial charge in [-0.3, -0.25) is 9.10 Å². The lowest BCUT2D eigenvalue weighted by Gasteiger charge is -2.27. The number of benzene rings is 3. The zero-order valence-electron chi connectivity index (χ0n) is 19.0. The molecule has 1 atom stereocenters. The van der Waals surface area contributed by atoms with Gasteiger partial charge >= 0.3 is 0 Å². The molecule has 0 spiro atoms. The number of halogens is 1. The molecule has 3 aromatic rings. The number of hydrogen-bond donors (Lipinski definition) is 1. The summed E-state index contributed by atoms with van der Waals surface area (Å²) in [6, 6.07) is 18.0. The number of para-hydroxylation sites is 2. The third-order valence-electron chi connectivity index (χ3n) is 5.22. The minimum absolute atomic E-state index is 0.126. The smallest absolute Gasteiger partial charge is 0.264 e. The highest BCUT2D eigenvalue weighted by molar-refractivity contribution is 7.92. The standard InChI is InChI=1S/C25H25FN2O6S/c1-2-32-20-11-9-19(10-12-20)28(35(30,31)22-13-7-18(26)8-14-22)16-25(29)27-15-21-17-33-23-5-3-4-6-24(23)34-21/h3-14,21H,2,15-17H2,1H3,(H,27,29). The van der Waals surface area contributed by atoms with Gasteiger partial charge in [0.1, 0.15) is 30.8 Å². The van der Waals surface area contributed by atoms with Crippen molar-refractivity contribution in [1.82, 2.24) is 5.32 Å². The number of fused-ring (bicyclic) bond motifs is 1. The molecule has 1 heterocycles. The maximum Gasteiger partial charge on any atom is 0.264 e. The molecule has 0 aromatic heterocycles. The predicted octanol–water partition coefficient (Wildman–Crippen LogP) is 3.38. The minimum Gasteiger partial charge on any atom is -0.494 e. The van der Waals surface area contributed by atoms with Crippen molar-refractivity contribution in [3.05, 3.63) is 78.6 Å². The van der Waals surface area contributed by atoms with E-state index >= 15 is 0 Å². The zero-order chi connectivity index (χ0) is 24.8. The lowest BCUT2D eigenvalue weighted by atomic mass is 10.2. The van der Waals surface area contributed by atoms with Gasteiger partial charge in [-0.15, -0.1) is 0 Å². The van der Waals surface area contributed by atoms with Gasteiger partial charge in [0, 0.05) is 0 Å². The van der Waals surface area contributed by atoms with Gasteiger partial charge in [-0.25, -0.2) is 12.8 Å². The highest BCUT2D eigenvalue weighted by Crippen LogP contribution is 2.31. The Hall–Kier alpha value is -3.79. The van der Waals surface area contributed by atoms with Crippen LogP contribution in [0.3, 0.4) is 0 Å². The van der Waals surface area contributed by atoms with Crippen LogP contribution in [-0.2, 0) is 14.8 Å². The van der Waals surface area contributed by atoms with E-state index < -0.39 is 34.4 Å². The summed E-state index contributed by atoms with van der Waals surface area (Å²) in [6.07, 6.45) is -0.429. The van der Waals surface area contributed by atoms with Gasteiger partial charge in [-0.2, -0.15) is 0 Å². The van der Waals surface area contributed by atoms with Gasteiger partial charge in [0.05, 0.1) is 23.7 Å². The molecule has 0 aliphatic carbocycles. The van der Waals surface area contributed by atoms with Gasteiger partial charge in [0.2, 0.25) is 5.91 Å². The average molecular weight is 501 g/mol. The summed E-state index contributed by atoms with van der Waals surface area (Å²) >= 11 is 0. The summed E-state index contributed by atoms with van der Waals surface area (Å²) in [5, 5.41) is 2.71. The number of hydrogen-bond acceptors (Lipinski definition) is 6. The molecule has 35 heavy (non-hydrogen) atoms. The van der Waals surface area contributed by atoms with E-state index in [1.54, 1.807) is 36.4 Å². The molecule has 4 rings (SSSR count). The molecule has 1 amide bonds. The van der Waals surface area contributed by atoms with E-state index in [0.717, 1.165) is 28.6 Å². The Morgan fingerprint density at radius 2 is 1.74 bits per heavy atom. The number of nitrogens with zero attached hydrogens (tertiary/aromatic N) is 1. The molecule has 1 N–H and O–H groups in total. The average Bonchev–Trinajstić information content (AvgIpc) is 2.87. The van der Waals surface area contributed by atoms with Gasteiger partial charge < -0.3 is 19.5 Å². The first-order valence-electron chi connectivity index (χ1n) is 11.0. The molecule has 0 radical (unpaired) electrons. The number of carbonyl (C=O) groups excluding carboxylic acids is 1. The molecule has 0 bridgehead atoms. The third kappa shape index (κ3) is 5.83. The maximum atomic E-state index is 13.4. The van der Waals surface area contributed by atoms with E-state index in [1.165, 1.54) is 0 Å². The number of ether oxygens (including phenoxy) is 3. The van der Waals surface area contributed by atoms with Crippen molar-refractivity contribution in [2.45, 2.75) is 17.9 Å². The van der Waals surface area contributed by atoms with Crippen LogP contribution in [0.4, 0.5) is 10.1 Å². The van der Waals surface area contributed by atoms with Crippen molar-refractivity contribution < 1.29 is 31.8 Å². The molecule has 0 fully saturated rings. The largest absolute Gasteiger partial charge is 0.494 e. The van der Waals surface area contributed by atoms with Crippen LogP contribution in [0.2, 0.25) is 0 Å². The predicted molar refractivity (Wildman–Crippen MR) is 128 cm³/mol. The molecule has 10 heteroatoms. The van der Waals surface area contributed by atoms with Gasteiger partial charge in [0.15, 0.2) is 11.5 Å². The van der Waals surface area contributed by atoms with E-state index in [0.29, 0.717) is 23.9 Å². The molecule has 1 aliphatic heterocycles. The van der Waals surface area contributed by atoms with Crippen LogP contribution >= 0.6 is 0 Å². The highest BCUT2D eigenvalue weighted by atomic mass is 32.2. The number of sulfonamides is 1. The van der Waals surface area contributed by atoms with Crippen LogP contribution in [0.15, 0.2) is 77.7 Å². The maximum absolute atomic E-state index is 13.4. The number of nitrogens with one attached hydrogen (secondary N) is 1. The van der Waals surface area contributed by atoms with E-state index in [2.05, 4.69) is 5.32 Å². The lowest BCUT2D eigenvalue weighted by molar-refractivity contribution is -0.120. The van der Waals surface area contributed by atoms with Gasteiger partial charge in [-0.1, -0.05) is 12.1 Å². The molecule has 184 valence electrons. The molecule has 3 aromatic carbocycles. The Bertz CT molecular complexity index is 1270. The van der Waals surface area contributed by atoms with E-state index in [9.17, 15) is 17.6 Å². The molecule has 0 saturated heterocycles. The Morgan fingerprint density at radius 3 is 2.43 bits per heavy atom. The first-order chi connectivity index (χ1) is 16.9. The fourth-order valence-electron chi connectivity index (χ4n) is 3.50. The third-order valence-corrected chi connectivity index (χ3v) is 7.01. The number of carbonyl (C=O) groups is 1. The van der Waals surface area contributed by atoms with Crippen molar-refractivity contribution in [2.75, 3.05) is 30.6 Å². The fourth-order valence-corrected chi connectivity index (χ4v) is 4.92. The monoisotopic (exact) mass is 500 g/mol. The summed E-state index contributed by atoms with van der Waals surface area (Å²) in [7, 11) is -4.17. The van der Waals surface area contributed by atoms with Crippen molar-refractivity contribution in [3.63, 3.8) is 0 Å². The molecular weight excluding hydrogens is 475 g/mol. The first-order valence-corrected chi connectivity index (χ1v) is 12.5. The van der Waals surface area contributed by atoms with Crippen LogP contribution in [0.25, 0.3) is 0 Å². The van der Waals surface area contributed by atoms with Crippen molar-refractivity contribution >= 4 is 21.6 Å². The summed E-state index contributed by atoms with van der Waals surface area (Å²) in [5.41, 5.74) is 0.263. The molecule has 1 aliphatic rings.